The Hall–Kier alpha value is -1.62. The summed E-state index contributed by atoms with van der Waals surface area (Å²) in [5, 5.41) is 0. The maximum absolute atomic E-state index is 11.1. The summed E-state index contributed by atoms with van der Waals surface area (Å²) in [6.07, 6.45) is 10.5. The zero-order valence-electron chi connectivity index (χ0n) is 13.8. The van der Waals surface area contributed by atoms with Crippen molar-refractivity contribution in [3.05, 3.63) is 29.9 Å². The number of hydrogen-bond donors (Lipinski definition) is 1. The second-order valence-electron chi connectivity index (χ2n) is 6.19. The van der Waals surface area contributed by atoms with E-state index in [4.69, 9.17) is 5.73 Å². The van der Waals surface area contributed by atoms with Gasteiger partial charge in [-0.1, -0.05) is 18.6 Å². The second kappa shape index (κ2) is 8.13. The van der Waals surface area contributed by atoms with E-state index in [9.17, 15) is 4.79 Å². The van der Waals surface area contributed by atoms with Crippen LogP contribution in [0.3, 0.4) is 0 Å². The summed E-state index contributed by atoms with van der Waals surface area (Å²) >= 11 is 0. The highest BCUT2D eigenvalue weighted by atomic mass is 16.1. The number of allylic oxidation sites excluding steroid dienone is 1. The van der Waals surface area contributed by atoms with Crippen LogP contribution in [-0.4, -0.2) is 40.0 Å². The van der Waals surface area contributed by atoms with Crippen LogP contribution in [-0.2, 0) is 11.3 Å². The molecule has 0 saturated carbocycles. The van der Waals surface area contributed by atoms with E-state index in [2.05, 4.69) is 29.8 Å². The van der Waals surface area contributed by atoms with E-state index in [0.717, 1.165) is 51.1 Å². The van der Waals surface area contributed by atoms with Crippen LogP contribution >= 0.6 is 0 Å². The number of hydrogen-bond acceptors (Lipinski definition) is 3. The van der Waals surface area contributed by atoms with Crippen molar-refractivity contribution in [2.75, 3.05) is 19.6 Å². The quantitative estimate of drug-likeness (QED) is 0.786. The van der Waals surface area contributed by atoms with Crippen molar-refractivity contribution >= 4 is 5.91 Å². The highest BCUT2D eigenvalue weighted by molar-refractivity contribution is 5.73. The van der Waals surface area contributed by atoms with Crippen LogP contribution in [0.1, 0.15) is 51.3 Å². The molecular formula is C17H28N4O. The van der Waals surface area contributed by atoms with E-state index in [1.807, 2.05) is 10.8 Å². The molecule has 5 nitrogen and oxygen atoms in total. The summed E-state index contributed by atoms with van der Waals surface area (Å²) in [4.78, 5) is 18.1. The Labute approximate surface area is 133 Å². The number of likely N-dealkylation sites (tertiary alicyclic amines) is 1. The van der Waals surface area contributed by atoms with Gasteiger partial charge in [-0.25, -0.2) is 4.98 Å². The molecule has 0 atom stereocenters. The van der Waals surface area contributed by atoms with Gasteiger partial charge < -0.3 is 15.2 Å². The molecule has 1 aliphatic rings. The van der Waals surface area contributed by atoms with Gasteiger partial charge in [0, 0.05) is 24.9 Å². The summed E-state index contributed by atoms with van der Waals surface area (Å²) in [6.45, 7) is 7.98. The number of nitrogens with zero attached hydrogens (tertiary/aromatic N) is 3. The fourth-order valence-electron chi connectivity index (χ4n) is 3.03. The van der Waals surface area contributed by atoms with E-state index in [-0.39, 0.29) is 12.5 Å². The molecule has 22 heavy (non-hydrogen) atoms. The zero-order chi connectivity index (χ0) is 15.9. The van der Waals surface area contributed by atoms with Crippen LogP contribution in [0.25, 0.3) is 0 Å². The number of amides is 1. The molecule has 1 aromatic heterocycles. The van der Waals surface area contributed by atoms with E-state index in [0.29, 0.717) is 5.92 Å². The number of nitrogens with two attached hydrogens (primary N) is 1. The van der Waals surface area contributed by atoms with Crippen molar-refractivity contribution in [3.8, 4) is 0 Å². The largest absolute Gasteiger partial charge is 0.368 e. The van der Waals surface area contributed by atoms with Crippen molar-refractivity contribution in [1.82, 2.24) is 14.5 Å². The normalized spacial score (nSPS) is 17.8. The zero-order valence-corrected chi connectivity index (χ0v) is 13.8. The first kappa shape index (κ1) is 16.7. The summed E-state index contributed by atoms with van der Waals surface area (Å²) in [6, 6.07) is 0. The summed E-state index contributed by atoms with van der Waals surface area (Å²) in [5.74, 6) is 1.15. The lowest BCUT2D eigenvalue weighted by Crippen LogP contribution is -2.34. The molecule has 1 aliphatic heterocycles. The van der Waals surface area contributed by atoms with Gasteiger partial charge in [0.25, 0.3) is 0 Å². The number of carbonyl (C=O) groups excluding carboxylic acids is 1. The van der Waals surface area contributed by atoms with E-state index in [1.165, 1.54) is 5.57 Å². The molecule has 2 heterocycles. The summed E-state index contributed by atoms with van der Waals surface area (Å²) < 4.78 is 1.90. The molecule has 0 bridgehead atoms. The minimum absolute atomic E-state index is 0.233. The van der Waals surface area contributed by atoms with Crippen molar-refractivity contribution in [2.45, 2.75) is 52.0 Å². The molecule has 1 saturated heterocycles. The van der Waals surface area contributed by atoms with Gasteiger partial charge in [-0.15, -0.1) is 0 Å². The van der Waals surface area contributed by atoms with Gasteiger partial charge in [0.2, 0.25) is 5.91 Å². The van der Waals surface area contributed by atoms with Gasteiger partial charge in [0.15, 0.2) is 0 Å². The van der Waals surface area contributed by atoms with E-state index in [1.54, 1.807) is 6.20 Å². The van der Waals surface area contributed by atoms with Gasteiger partial charge >= 0.3 is 0 Å². The molecule has 2 N–H and O–H groups in total. The highest BCUT2D eigenvalue weighted by Gasteiger charge is 2.23. The van der Waals surface area contributed by atoms with Crippen LogP contribution in [0.2, 0.25) is 0 Å². The summed E-state index contributed by atoms with van der Waals surface area (Å²) in [5.41, 5.74) is 6.77. The van der Waals surface area contributed by atoms with E-state index >= 15 is 0 Å². The lowest BCUT2D eigenvalue weighted by Gasteiger charge is -2.31. The molecule has 1 fully saturated rings. The maximum Gasteiger partial charge on any atom is 0.237 e. The second-order valence-corrected chi connectivity index (χ2v) is 6.19. The van der Waals surface area contributed by atoms with Gasteiger partial charge in [-0.2, -0.15) is 0 Å². The Balaban J connectivity index is 1.82. The highest BCUT2D eigenvalue weighted by Crippen LogP contribution is 2.27. The number of carbonyl (C=O) groups is 1. The van der Waals surface area contributed by atoms with Crippen molar-refractivity contribution in [3.63, 3.8) is 0 Å². The lowest BCUT2D eigenvalue weighted by atomic mass is 9.95. The summed E-state index contributed by atoms with van der Waals surface area (Å²) in [7, 11) is 0. The fourth-order valence-corrected chi connectivity index (χ4v) is 3.03. The van der Waals surface area contributed by atoms with Crippen molar-refractivity contribution in [1.29, 1.82) is 0 Å². The third-order valence-electron chi connectivity index (χ3n) is 4.52. The minimum Gasteiger partial charge on any atom is -0.368 e. The average molecular weight is 304 g/mol. The Kier molecular flexibility index (Phi) is 6.19. The molecule has 5 heteroatoms. The van der Waals surface area contributed by atoms with Crippen LogP contribution in [0.15, 0.2) is 24.0 Å². The third-order valence-corrected chi connectivity index (χ3v) is 4.52. The monoisotopic (exact) mass is 304 g/mol. The molecule has 0 aliphatic carbocycles. The van der Waals surface area contributed by atoms with Crippen LogP contribution in [0, 0.1) is 0 Å². The number of primary amides is 1. The first-order valence-electron chi connectivity index (χ1n) is 8.27. The van der Waals surface area contributed by atoms with Gasteiger partial charge in [0.1, 0.15) is 12.4 Å². The Morgan fingerprint density at radius 2 is 2.18 bits per heavy atom. The van der Waals surface area contributed by atoms with Crippen molar-refractivity contribution in [2.24, 2.45) is 5.73 Å². The van der Waals surface area contributed by atoms with Gasteiger partial charge in [-0.3, -0.25) is 4.79 Å². The molecule has 0 aromatic carbocycles. The molecule has 0 radical (unpaired) electrons. The number of imidazole rings is 1. The first-order valence-corrected chi connectivity index (χ1v) is 8.27. The maximum atomic E-state index is 11.1. The Morgan fingerprint density at radius 1 is 1.45 bits per heavy atom. The first-order chi connectivity index (χ1) is 10.6. The van der Waals surface area contributed by atoms with Crippen LogP contribution in [0.5, 0.6) is 0 Å². The molecule has 0 unspecified atom stereocenters. The molecule has 122 valence electrons. The predicted molar refractivity (Wildman–Crippen MR) is 88.5 cm³/mol. The SMILES string of the molecule is CC/C(C)=C/CCN1CCC(c2nccn2CC(N)=O)CC1. The molecular weight excluding hydrogens is 276 g/mol. The number of rotatable bonds is 7. The molecule has 0 spiro atoms. The average Bonchev–Trinajstić information content (AvgIpc) is 2.95. The lowest BCUT2D eigenvalue weighted by molar-refractivity contribution is -0.118. The minimum atomic E-state index is -0.310. The topological polar surface area (TPSA) is 64.2 Å². The third kappa shape index (κ3) is 4.70. The Morgan fingerprint density at radius 3 is 2.82 bits per heavy atom. The molecule has 1 amide bonds. The molecule has 2 rings (SSSR count). The van der Waals surface area contributed by atoms with Crippen LogP contribution in [0.4, 0.5) is 0 Å². The Bertz CT molecular complexity index is 512. The smallest absolute Gasteiger partial charge is 0.237 e. The predicted octanol–water partition coefficient (Wildman–Crippen LogP) is 2.29. The van der Waals surface area contributed by atoms with E-state index < -0.39 is 0 Å². The van der Waals surface area contributed by atoms with Crippen molar-refractivity contribution < 1.29 is 4.79 Å². The number of aromatic nitrogens is 2. The fraction of sp³-hybridized carbons (Fsp3) is 0.647. The van der Waals surface area contributed by atoms with Gasteiger partial charge in [-0.05, 0) is 45.7 Å². The van der Waals surface area contributed by atoms with Gasteiger partial charge in [0.05, 0.1) is 0 Å². The molecule has 1 aromatic rings. The standard InChI is InChI=1S/C17H28N4O/c1-3-14(2)5-4-9-20-10-6-15(7-11-20)17-19-8-12-21(17)13-16(18)22/h5,8,12,15H,3-4,6-7,9-11,13H2,1-2H3,(H2,18,22)/b14-5+. The van der Waals surface area contributed by atoms with Crippen LogP contribution < -0.4 is 5.73 Å². The number of piperidine rings is 1.